The first-order valence-corrected chi connectivity index (χ1v) is 33.6. The summed E-state index contributed by atoms with van der Waals surface area (Å²) >= 11 is 6.08. The molecule has 4 nitrogen and oxygen atoms in total. The van der Waals surface area contributed by atoms with Crippen molar-refractivity contribution in [3.05, 3.63) is 0 Å². The summed E-state index contributed by atoms with van der Waals surface area (Å²) in [5.41, 5.74) is 1.96. The van der Waals surface area contributed by atoms with Gasteiger partial charge in [-0.1, -0.05) is 147 Å². The van der Waals surface area contributed by atoms with Crippen LogP contribution in [-0.4, -0.2) is 66.1 Å². The molecule has 11 rings (SSSR count). The normalized spacial score (nSPS) is 43.2. The molecule has 0 spiro atoms. The highest BCUT2D eigenvalue weighted by molar-refractivity contribution is 8.17. The number of hydrogen-bond donors (Lipinski definition) is 0. The molecule has 11 aliphatic rings. The molecule has 8 unspecified atom stereocenters. The summed E-state index contributed by atoms with van der Waals surface area (Å²) in [6.45, 7) is 40.3. The van der Waals surface area contributed by atoms with Crippen molar-refractivity contribution in [3.63, 3.8) is 0 Å². The Morgan fingerprint density at radius 1 is 0.329 bits per heavy atom. The number of hydrogen-bond acceptors (Lipinski definition) is 7. The maximum absolute atomic E-state index is 5.39. The Bertz CT molecular complexity index is 984. The second kappa shape index (κ2) is 35.3. The molecule has 4 heterocycles. The maximum atomic E-state index is 5.39. The van der Waals surface area contributed by atoms with Crippen LogP contribution in [0.2, 0.25) is 0 Å². The molecule has 4 saturated heterocycles. The topological polar surface area (TPSA) is 36.9 Å². The van der Waals surface area contributed by atoms with Crippen LogP contribution < -0.4 is 0 Å². The van der Waals surface area contributed by atoms with Crippen LogP contribution in [0.5, 0.6) is 0 Å². The summed E-state index contributed by atoms with van der Waals surface area (Å²) < 4.78 is 21.9. The van der Waals surface area contributed by atoms with E-state index in [0.29, 0.717) is 17.5 Å². The Kier molecular flexibility index (Phi) is 32.9. The first kappa shape index (κ1) is 65.2. The van der Waals surface area contributed by atoms with E-state index in [4.69, 9.17) is 18.9 Å². The summed E-state index contributed by atoms with van der Waals surface area (Å²) in [6.07, 6.45) is 33.1. The zero-order valence-electron chi connectivity index (χ0n) is 49.6. The van der Waals surface area contributed by atoms with E-state index < -0.39 is 0 Å². The van der Waals surface area contributed by atoms with Crippen molar-refractivity contribution in [2.75, 3.05) is 43.7 Å². The van der Waals surface area contributed by atoms with Gasteiger partial charge in [0.2, 0.25) is 0 Å². The lowest BCUT2D eigenvalue weighted by atomic mass is 9.55. The molecule has 4 aliphatic heterocycles. The van der Waals surface area contributed by atoms with Crippen molar-refractivity contribution in [1.82, 2.24) is 0 Å². The van der Waals surface area contributed by atoms with E-state index in [0.717, 1.165) is 107 Å². The molecule has 11 fully saturated rings. The van der Waals surface area contributed by atoms with E-state index in [1.54, 1.807) is 0 Å². The molecule has 8 atom stereocenters. The fourth-order valence-corrected chi connectivity index (χ4v) is 15.2. The molecule has 70 heavy (non-hydrogen) atoms. The first-order chi connectivity index (χ1) is 33.1. The minimum atomic E-state index is 0. The van der Waals surface area contributed by atoms with Crippen LogP contribution in [-0.2, 0) is 18.9 Å². The Morgan fingerprint density at radius 2 is 0.671 bits per heavy atom. The van der Waals surface area contributed by atoms with Gasteiger partial charge in [0.1, 0.15) is 0 Å². The van der Waals surface area contributed by atoms with Crippen LogP contribution in [0.4, 0.5) is 0 Å². The molecule has 2 bridgehead atoms. The molecule has 0 aromatic rings. The fraction of sp³-hybridized carbons (Fsp3) is 1.00. The molecule has 0 amide bonds. The highest BCUT2D eigenvalue weighted by Gasteiger charge is 2.43. The Hall–Kier alpha value is 0.890. The van der Waals surface area contributed by atoms with Gasteiger partial charge in [-0.2, -0.15) is 0 Å². The maximum Gasteiger partial charge on any atom is 0.154 e. The van der Waals surface area contributed by atoms with Gasteiger partial charge in [-0.25, -0.2) is 0 Å². The molecule has 0 aromatic heterocycles. The van der Waals surface area contributed by atoms with Gasteiger partial charge in [-0.15, -0.1) is 35.3 Å². The lowest BCUT2D eigenvalue weighted by Crippen LogP contribution is -2.37. The zero-order chi connectivity index (χ0) is 51.7. The molecular formula is C63H124O4S3. The second-order valence-corrected chi connectivity index (χ2v) is 31.4. The van der Waals surface area contributed by atoms with Crippen LogP contribution in [0.25, 0.3) is 0 Å². The average molecular weight is 1040 g/mol. The van der Waals surface area contributed by atoms with Crippen LogP contribution in [0.3, 0.4) is 0 Å². The minimum absolute atomic E-state index is 0. The number of fused-ring (bicyclic) bond motifs is 4. The van der Waals surface area contributed by atoms with Crippen LogP contribution in [0, 0.1) is 81.8 Å². The van der Waals surface area contributed by atoms with Gasteiger partial charge in [0.05, 0.1) is 31.4 Å². The predicted octanol–water partition coefficient (Wildman–Crippen LogP) is 20.2. The third-order valence-corrected chi connectivity index (χ3v) is 22.8. The summed E-state index contributed by atoms with van der Waals surface area (Å²) in [7, 11) is 0. The van der Waals surface area contributed by atoms with Gasteiger partial charge in [0, 0.05) is 24.3 Å². The van der Waals surface area contributed by atoms with E-state index >= 15 is 0 Å². The van der Waals surface area contributed by atoms with Crippen molar-refractivity contribution in [2.24, 2.45) is 81.8 Å². The summed E-state index contributed by atoms with van der Waals surface area (Å²) in [5, 5.41) is 0. The van der Waals surface area contributed by atoms with Crippen molar-refractivity contribution in [3.8, 4) is 0 Å². The van der Waals surface area contributed by atoms with Crippen molar-refractivity contribution in [1.29, 1.82) is 0 Å². The molecular weight excluding hydrogens is 917 g/mol. The van der Waals surface area contributed by atoms with Crippen LogP contribution >= 0.6 is 35.3 Å². The quantitative estimate of drug-likeness (QED) is 0.239. The molecule has 7 heteroatoms. The zero-order valence-corrected chi connectivity index (χ0v) is 52.1. The largest absolute Gasteiger partial charge is 0.378 e. The number of thioether (sulfide) groups is 3. The van der Waals surface area contributed by atoms with Crippen molar-refractivity contribution in [2.45, 2.75) is 274 Å². The lowest BCUT2D eigenvalue weighted by molar-refractivity contribution is -0.187. The lowest BCUT2D eigenvalue weighted by Gasteiger charge is -2.50. The molecule has 7 saturated carbocycles. The third-order valence-electron chi connectivity index (χ3n) is 18.2. The van der Waals surface area contributed by atoms with Gasteiger partial charge >= 0.3 is 0 Å². The summed E-state index contributed by atoms with van der Waals surface area (Å²) in [5.74, 6) is 15.4. The minimum Gasteiger partial charge on any atom is -0.378 e. The highest BCUT2D eigenvalue weighted by Crippen LogP contribution is 2.56. The SMILES string of the molecule is CC12CCC(C)(CC1)CC2.CC1CCC(C)CC1.CC1CCC(C)CC1.CC1CCC(C)OC1.CC1CCC2CC(C)CCC2C1.CC1COC(C)OC1.CC1COC(C)SC1.CC1CSC(C)SC1.[HH]. The highest BCUT2D eigenvalue weighted by atomic mass is 32.2. The monoisotopic (exact) mass is 1040 g/mol. The second-order valence-electron chi connectivity index (χ2n) is 27.1. The van der Waals surface area contributed by atoms with E-state index in [9.17, 15) is 0 Å². The molecule has 0 N–H and O–H groups in total. The van der Waals surface area contributed by atoms with E-state index in [1.165, 1.54) is 159 Å². The Morgan fingerprint density at radius 3 is 0.971 bits per heavy atom. The Balaban J connectivity index is 0.000000279. The molecule has 0 aromatic carbocycles. The molecule has 418 valence electrons. The average Bonchev–Trinajstić information content (AvgIpc) is 3.34. The van der Waals surface area contributed by atoms with Crippen LogP contribution in [0.1, 0.15) is 253 Å². The number of ether oxygens (including phenoxy) is 4. The van der Waals surface area contributed by atoms with Crippen molar-refractivity contribution < 1.29 is 20.4 Å². The smallest absolute Gasteiger partial charge is 0.154 e. The summed E-state index contributed by atoms with van der Waals surface area (Å²) in [6, 6.07) is 0. The fourth-order valence-electron chi connectivity index (χ4n) is 11.9. The van der Waals surface area contributed by atoms with Gasteiger partial charge in [-0.05, 0) is 192 Å². The van der Waals surface area contributed by atoms with Gasteiger partial charge in [-0.3, -0.25) is 0 Å². The van der Waals surface area contributed by atoms with Crippen LogP contribution in [0.15, 0.2) is 0 Å². The van der Waals surface area contributed by atoms with E-state index in [-0.39, 0.29) is 7.72 Å². The van der Waals surface area contributed by atoms with E-state index in [1.807, 2.05) is 18.7 Å². The molecule has 0 radical (unpaired) electrons. The predicted molar refractivity (Wildman–Crippen MR) is 318 cm³/mol. The third kappa shape index (κ3) is 29.4. The number of rotatable bonds is 0. The first-order valence-electron chi connectivity index (χ1n) is 30.4. The van der Waals surface area contributed by atoms with Crippen molar-refractivity contribution >= 4 is 35.3 Å². The van der Waals surface area contributed by atoms with Gasteiger partial charge < -0.3 is 18.9 Å². The summed E-state index contributed by atoms with van der Waals surface area (Å²) in [4.78, 5) is 0. The van der Waals surface area contributed by atoms with Gasteiger partial charge in [0.15, 0.2) is 6.29 Å². The van der Waals surface area contributed by atoms with E-state index in [2.05, 4.69) is 127 Å². The Labute approximate surface area is 453 Å². The molecule has 7 aliphatic carbocycles. The standard InChI is InChI=1S/C12H22.C10H18.2C8H16.C7H14O.C6H12O2.C6H12OS.C6H12S2.H2/c1-9-3-5-12-8-10(2)4-6-11(12)7-9;1-9-3-6-10(2,7-4-9)8-5-9;2*1-7-3-5-8(2)6-4-7;1-6-3-4-7(2)8-5-6;3*1-5-3-7-6(2)8-4-5;/h9-12H,3-8H2,1-2H3;3-8H2,1-2H3;2*7-8H,3-6H2,1-2H3;6-7H,3-5H2,1-2H3;3*5-6H,3-4H2,1-2H3;1H. The van der Waals surface area contributed by atoms with Gasteiger partial charge in [0.25, 0.3) is 0 Å².